The molecule has 1 saturated heterocycles. The maximum absolute atomic E-state index is 15.3. The monoisotopic (exact) mass is 1410 g/mol. The van der Waals surface area contributed by atoms with E-state index >= 15 is 4.79 Å². The maximum Gasteiger partial charge on any atom is 0.331 e. The van der Waals surface area contributed by atoms with Crippen molar-refractivity contribution in [2.45, 2.75) is 405 Å². The van der Waals surface area contributed by atoms with E-state index in [0.717, 1.165) is 107 Å². The van der Waals surface area contributed by atoms with E-state index in [1.165, 1.54) is 167 Å². The number of benzene rings is 3. The minimum atomic E-state index is -1.41. The van der Waals surface area contributed by atoms with E-state index in [9.17, 15) is 19.2 Å². The van der Waals surface area contributed by atoms with Crippen LogP contribution in [0, 0.1) is 0 Å². The lowest BCUT2D eigenvalue weighted by Gasteiger charge is -2.46. The van der Waals surface area contributed by atoms with Crippen LogP contribution in [0.15, 0.2) is 91.0 Å². The number of hydrogen-bond donors (Lipinski definition) is 2. The van der Waals surface area contributed by atoms with Crippen LogP contribution < -0.4 is 10.6 Å². The Morgan fingerprint density at radius 2 is 0.812 bits per heavy atom. The van der Waals surface area contributed by atoms with Gasteiger partial charge in [-0.25, -0.2) is 4.79 Å². The zero-order valence-electron chi connectivity index (χ0n) is 64.2. The van der Waals surface area contributed by atoms with Crippen LogP contribution >= 0.6 is 0 Å². The van der Waals surface area contributed by atoms with E-state index in [1.807, 2.05) is 91.0 Å². The second-order valence-electron chi connectivity index (χ2n) is 29.1. The van der Waals surface area contributed by atoms with Crippen LogP contribution in [0.2, 0.25) is 0 Å². The summed E-state index contributed by atoms with van der Waals surface area (Å²) in [5, 5.41) is 6.24. The first kappa shape index (κ1) is 88.2. The number of unbranched alkanes of at least 4 members (excludes halogenated alkanes) is 38. The SMILES string of the molecule is CCCCCCCCCCCCCC(=O)N[C@H](C(=O)OCc1ccccc1)[C@H](C)O[C@@H]1O[C@H](COCc2ccccc2)[C@@H](OCc2ccccc2)[C@H](OC(=O)CCCCCCCCCCCCC)[C@H]1NC(=O)C[C@@H](CCCCCCCCCCC)OC(=O)CCCCCCCCCCCCC. The average molecular weight is 1410 g/mol. The van der Waals surface area contributed by atoms with E-state index in [2.05, 4.69) is 38.3 Å². The lowest BCUT2D eigenvalue weighted by molar-refractivity contribution is -0.295. The van der Waals surface area contributed by atoms with Crippen LogP contribution in [-0.2, 0) is 77.0 Å². The molecule has 0 unspecified atom stereocenters. The zero-order chi connectivity index (χ0) is 72.3. The largest absolute Gasteiger partial charge is 0.462 e. The van der Waals surface area contributed by atoms with Gasteiger partial charge in [-0.2, -0.15) is 0 Å². The molecule has 3 aromatic rings. The number of amides is 2. The van der Waals surface area contributed by atoms with Gasteiger partial charge >= 0.3 is 17.9 Å². The van der Waals surface area contributed by atoms with E-state index in [1.54, 1.807) is 6.92 Å². The summed E-state index contributed by atoms with van der Waals surface area (Å²) >= 11 is 0. The molecule has 3 aromatic carbocycles. The summed E-state index contributed by atoms with van der Waals surface area (Å²) in [5.41, 5.74) is 2.57. The third kappa shape index (κ3) is 43.7. The summed E-state index contributed by atoms with van der Waals surface area (Å²) in [6.07, 6.45) is 42.1. The predicted octanol–water partition coefficient (Wildman–Crippen LogP) is 21.9. The molecule has 4 rings (SSSR count). The first-order valence-corrected chi connectivity index (χ1v) is 41.3. The van der Waals surface area contributed by atoms with Gasteiger partial charge in [0.1, 0.15) is 31.0 Å². The smallest absolute Gasteiger partial charge is 0.331 e. The summed E-state index contributed by atoms with van der Waals surface area (Å²) < 4.78 is 46.6. The van der Waals surface area contributed by atoms with Crippen LogP contribution in [0.3, 0.4) is 0 Å². The first-order chi connectivity index (χ1) is 49.5. The van der Waals surface area contributed by atoms with Gasteiger partial charge in [0, 0.05) is 19.3 Å². The van der Waals surface area contributed by atoms with Gasteiger partial charge in [-0.1, -0.05) is 363 Å². The molecule has 0 radical (unpaired) electrons. The molecular weight excluding hydrogens is 1260 g/mol. The van der Waals surface area contributed by atoms with Gasteiger partial charge in [-0.05, 0) is 55.7 Å². The fraction of sp³-hybridized carbons (Fsp3) is 0.736. The molecule has 101 heavy (non-hydrogen) atoms. The van der Waals surface area contributed by atoms with Crippen molar-refractivity contribution in [2.75, 3.05) is 6.61 Å². The third-order valence-corrected chi connectivity index (χ3v) is 19.9. The van der Waals surface area contributed by atoms with E-state index in [4.69, 9.17) is 33.2 Å². The van der Waals surface area contributed by atoms with Crippen LogP contribution in [0.1, 0.15) is 353 Å². The highest BCUT2D eigenvalue weighted by Crippen LogP contribution is 2.32. The molecule has 0 aromatic heterocycles. The van der Waals surface area contributed by atoms with Crippen molar-refractivity contribution in [1.29, 1.82) is 0 Å². The second kappa shape index (κ2) is 60.2. The van der Waals surface area contributed by atoms with E-state index in [0.29, 0.717) is 19.3 Å². The predicted molar refractivity (Wildman–Crippen MR) is 410 cm³/mol. The van der Waals surface area contributed by atoms with Crippen molar-refractivity contribution in [3.63, 3.8) is 0 Å². The van der Waals surface area contributed by atoms with Gasteiger partial charge in [0.05, 0.1) is 32.3 Å². The van der Waals surface area contributed by atoms with Crippen LogP contribution in [0.25, 0.3) is 0 Å². The summed E-state index contributed by atoms with van der Waals surface area (Å²) in [6.45, 7) is 10.9. The molecule has 1 heterocycles. The number of esters is 3. The quantitative estimate of drug-likeness (QED) is 0.0311. The van der Waals surface area contributed by atoms with Crippen molar-refractivity contribution >= 4 is 29.7 Å². The Kier molecular flexibility index (Phi) is 52.6. The number of hydrogen-bond acceptors (Lipinski definition) is 12. The topological polar surface area (TPSA) is 174 Å². The molecule has 14 nitrogen and oxygen atoms in total. The Balaban J connectivity index is 1.70. The van der Waals surface area contributed by atoms with Gasteiger partial charge < -0.3 is 43.8 Å². The van der Waals surface area contributed by atoms with Gasteiger partial charge in [0.25, 0.3) is 0 Å². The number of ether oxygens (including phenoxy) is 7. The molecule has 572 valence electrons. The molecule has 0 spiro atoms. The van der Waals surface area contributed by atoms with Crippen molar-refractivity contribution < 1.29 is 57.1 Å². The highest BCUT2D eigenvalue weighted by atomic mass is 16.7. The van der Waals surface area contributed by atoms with E-state index < -0.39 is 66.7 Å². The first-order valence-electron chi connectivity index (χ1n) is 41.3. The minimum absolute atomic E-state index is 0.0377. The van der Waals surface area contributed by atoms with E-state index in [-0.39, 0.29) is 64.0 Å². The van der Waals surface area contributed by atoms with Crippen molar-refractivity contribution in [3.05, 3.63) is 108 Å². The Labute approximate surface area is 613 Å². The molecule has 0 saturated carbocycles. The molecular formula is C87H142N2O12. The molecule has 1 aliphatic heterocycles. The van der Waals surface area contributed by atoms with Crippen molar-refractivity contribution in [2.24, 2.45) is 0 Å². The molecule has 14 heteroatoms. The van der Waals surface area contributed by atoms with Crippen LogP contribution in [0.4, 0.5) is 0 Å². The van der Waals surface area contributed by atoms with Crippen molar-refractivity contribution in [1.82, 2.24) is 10.6 Å². The van der Waals surface area contributed by atoms with Crippen LogP contribution in [-0.4, -0.2) is 85.2 Å². The Morgan fingerprint density at radius 3 is 1.26 bits per heavy atom. The minimum Gasteiger partial charge on any atom is -0.462 e. The highest BCUT2D eigenvalue weighted by molar-refractivity contribution is 5.85. The van der Waals surface area contributed by atoms with Gasteiger partial charge in [0.2, 0.25) is 11.8 Å². The summed E-state index contributed by atoms with van der Waals surface area (Å²) in [7, 11) is 0. The molecule has 2 N–H and O–H groups in total. The van der Waals surface area contributed by atoms with Crippen molar-refractivity contribution in [3.8, 4) is 0 Å². The molecule has 1 aliphatic rings. The fourth-order valence-electron chi connectivity index (χ4n) is 13.6. The maximum atomic E-state index is 15.3. The molecule has 8 atom stereocenters. The van der Waals surface area contributed by atoms with Gasteiger partial charge in [-0.3, -0.25) is 19.2 Å². The number of nitrogens with one attached hydrogen (secondary N) is 2. The highest BCUT2D eigenvalue weighted by Gasteiger charge is 2.51. The summed E-state index contributed by atoms with van der Waals surface area (Å²) in [4.78, 5) is 72.6. The lowest BCUT2D eigenvalue weighted by Crippen LogP contribution is -2.67. The standard InChI is InChI=1S/C87H142N2O12/c1-6-10-14-18-22-26-29-33-37-41-54-64-78(90)88-82(86(94)97-70-75-61-51-46-52-62-75)72(5)98-87-83(89-79(91)67-76(63-53-40-36-32-25-21-17-13-9-4)99-80(92)65-55-42-38-34-30-27-23-19-15-11-7-2)85(101-81(93)66-56-43-39-35-31-28-24-20-16-12-8-3)84(96-69-74-59-49-45-50-60-74)77(100-87)71-95-68-73-57-47-44-48-58-73/h44-52,57-62,72,76-77,82-85,87H,6-43,53-56,63-71H2,1-5H3,(H,88,90)(H,89,91)/t72-,76+,77+,82-,83+,84+,85+,87+/m0/s1. The average Bonchev–Trinajstić information content (AvgIpc) is 0.781. The Hall–Kier alpha value is -5.15. The summed E-state index contributed by atoms with van der Waals surface area (Å²) in [6, 6.07) is 26.3. The van der Waals surface area contributed by atoms with Gasteiger partial charge in [0.15, 0.2) is 18.4 Å². The number of rotatable bonds is 65. The molecule has 2 amide bonds. The second-order valence-corrected chi connectivity index (χ2v) is 29.1. The zero-order valence-corrected chi connectivity index (χ0v) is 64.2. The lowest BCUT2D eigenvalue weighted by atomic mass is 9.95. The number of carbonyl (C=O) groups excluding carboxylic acids is 5. The van der Waals surface area contributed by atoms with Crippen LogP contribution in [0.5, 0.6) is 0 Å². The Bertz CT molecular complexity index is 2480. The fourth-order valence-corrected chi connectivity index (χ4v) is 13.6. The molecule has 0 bridgehead atoms. The molecule has 0 aliphatic carbocycles. The number of carbonyl (C=O) groups is 5. The summed E-state index contributed by atoms with van der Waals surface area (Å²) in [5.74, 6) is -2.27. The normalized spacial score (nSPS) is 16.9. The van der Waals surface area contributed by atoms with Gasteiger partial charge in [-0.15, -0.1) is 0 Å². The third-order valence-electron chi connectivity index (χ3n) is 19.9. The Morgan fingerprint density at radius 1 is 0.426 bits per heavy atom. The molecule has 1 fully saturated rings.